The molecule has 0 aliphatic carbocycles. The molecule has 13 heteroatoms. The lowest BCUT2D eigenvalue weighted by atomic mass is 10.1. The third-order valence-corrected chi connectivity index (χ3v) is 7.44. The molecule has 0 aromatic heterocycles. The maximum atomic E-state index is 13.2. The Morgan fingerprint density at radius 3 is 2.42 bits per heavy atom. The van der Waals surface area contributed by atoms with Crippen molar-refractivity contribution in [3.8, 4) is 0 Å². The van der Waals surface area contributed by atoms with Gasteiger partial charge in [0.05, 0.1) is 22.9 Å². The van der Waals surface area contributed by atoms with Crippen LogP contribution in [0.2, 0.25) is 0 Å². The highest BCUT2D eigenvalue weighted by Gasteiger charge is 2.35. The number of alkyl halides is 3. The van der Waals surface area contributed by atoms with Crippen molar-refractivity contribution in [2.24, 2.45) is 0 Å². The van der Waals surface area contributed by atoms with E-state index >= 15 is 0 Å². The third-order valence-electron chi connectivity index (χ3n) is 5.95. The molecule has 1 aromatic rings. The van der Waals surface area contributed by atoms with Crippen molar-refractivity contribution in [3.63, 3.8) is 0 Å². The zero-order valence-electron chi connectivity index (χ0n) is 18.2. The van der Waals surface area contributed by atoms with Crippen LogP contribution in [0, 0.1) is 0 Å². The van der Waals surface area contributed by atoms with Gasteiger partial charge in [-0.2, -0.15) is 13.2 Å². The summed E-state index contributed by atoms with van der Waals surface area (Å²) in [4.78, 5) is 29.3. The number of amides is 2. The number of carbonyl (C=O) groups excluding carboxylic acids is 2. The van der Waals surface area contributed by atoms with Crippen molar-refractivity contribution in [1.82, 2.24) is 19.4 Å². The highest BCUT2D eigenvalue weighted by Crippen LogP contribution is 2.32. The number of nitrogens with one attached hydrogen (secondary N) is 1. The Labute approximate surface area is 197 Å². The zero-order chi connectivity index (χ0) is 23.5. The number of nitrogens with zero attached hydrogens (tertiary/aromatic N) is 3. The molecule has 2 amide bonds. The van der Waals surface area contributed by atoms with E-state index in [1.165, 1.54) is 0 Å². The van der Waals surface area contributed by atoms with Gasteiger partial charge in [0.1, 0.15) is 0 Å². The largest absolute Gasteiger partial charge is 0.416 e. The fraction of sp³-hybridized carbons (Fsp3) is 0.600. The number of piperazine rings is 1. The summed E-state index contributed by atoms with van der Waals surface area (Å²) >= 11 is 0. The number of carbonyl (C=O) groups is 2. The monoisotopic (exact) mass is 512 g/mol. The summed E-state index contributed by atoms with van der Waals surface area (Å²) in [5, 5.41) is 0. The quantitative estimate of drug-likeness (QED) is 0.557. The van der Waals surface area contributed by atoms with Gasteiger partial charge in [-0.25, -0.2) is 13.1 Å². The second kappa shape index (κ2) is 11.0. The zero-order valence-corrected chi connectivity index (χ0v) is 19.8. The molecule has 2 aliphatic heterocycles. The summed E-state index contributed by atoms with van der Waals surface area (Å²) in [6.07, 6.45) is -2.20. The second-order valence-electron chi connectivity index (χ2n) is 8.05. The van der Waals surface area contributed by atoms with Gasteiger partial charge in [-0.05, 0) is 50.7 Å². The predicted octanol–water partition coefficient (Wildman–Crippen LogP) is 1.34. The topological polar surface area (TPSA) is 90.0 Å². The first-order chi connectivity index (χ1) is 15.0. The van der Waals surface area contributed by atoms with Crippen LogP contribution in [0.4, 0.5) is 13.2 Å². The summed E-state index contributed by atoms with van der Waals surface area (Å²) in [6.45, 7) is 3.39. The van der Waals surface area contributed by atoms with E-state index in [1.807, 2.05) is 4.72 Å². The highest BCUT2D eigenvalue weighted by atomic mass is 35.5. The first-order valence-electron chi connectivity index (χ1n) is 10.4. The van der Waals surface area contributed by atoms with E-state index in [0.29, 0.717) is 25.7 Å². The maximum absolute atomic E-state index is 13.2. The number of halogens is 4. The minimum absolute atomic E-state index is 0. The van der Waals surface area contributed by atoms with Crippen LogP contribution in [-0.2, 0) is 32.2 Å². The number of sulfonamides is 1. The van der Waals surface area contributed by atoms with Crippen molar-refractivity contribution in [3.05, 3.63) is 29.3 Å². The molecule has 0 bridgehead atoms. The van der Waals surface area contributed by atoms with E-state index in [-0.39, 0.29) is 42.9 Å². The Bertz CT molecular complexity index is 955. The van der Waals surface area contributed by atoms with Crippen LogP contribution in [0.25, 0.3) is 0 Å². The summed E-state index contributed by atoms with van der Waals surface area (Å²) in [5.74, 6) is -0.382. The van der Waals surface area contributed by atoms with Crippen LogP contribution < -0.4 is 4.72 Å². The van der Waals surface area contributed by atoms with E-state index in [9.17, 15) is 31.2 Å². The van der Waals surface area contributed by atoms with Crippen LogP contribution >= 0.6 is 12.4 Å². The molecule has 2 fully saturated rings. The molecule has 186 valence electrons. The summed E-state index contributed by atoms with van der Waals surface area (Å²) < 4.78 is 66.2. The number of hydrogen-bond donors (Lipinski definition) is 1. The van der Waals surface area contributed by atoms with E-state index in [1.54, 1.807) is 9.80 Å². The lowest BCUT2D eigenvalue weighted by molar-refractivity contribution is -0.138. The van der Waals surface area contributed by atoms with Crippen LogP contribution in [0.1, 0.15) is 24.0 Å². The van der Waals surface area contributed by atoms with Crippen molar-refractivity contribution in [1.29, 1.82) is 0 Å². The summed E-state index contributed by atoms with van der Waals surface area (Å²) in [6, 6.07) is 2.12. The van der Waals surface area contributed by atoms with E-state index in [2.05, 4.69) is 4.90 Å². The number of likely N-dealkylation sites (tertiary alicyclic amines) is 1. The second-order valence-corrected chi connectivity index (χ2v) is 9.91. The number of hydrogen-bond acceptors (Lipinski definition) is 5. The van der Waals surface area contributed by atoms with Gasteiger partial charge in [0, 0.05) is 26.2 Å². The Hall–Kier alpha value is -1.89. The minimum Gasteiger partial charge on any atom is -0.341 e. The van der Waals surface area contributed by atoms with E-state index in [0.717, 1.165) is 51.5 Å². The van der Waals surface area contributed by atoms with Gasteiger partial charge in [-0.3, -0.25) is 9.59 Å². The van der Waals surface area contributed by atoms with Gasteiger partial charge in [0.25, 0.3) is 0 Å². The Morgan fingerprint density at radius 2 is 1.85 bits per heavy atom. The van der Waals surface area contributed by atoms with Crippen LogP contribution in [0.5, 0.6) is 0 Å². The molecule has 1 unspecified atom stereocenters. The molecule has 8 nitrogen and oxygen atoms in total. The van der Waals surface area contributed by atoms with Gasteiger partial charge in [-0.15, -0.1) is 12.4 Å². The summed E-state index contributed by atoms with van der Waals surface area (Å²) in [5.41, 5.74) is -1.11. The van der Waals surface area contributed by atoms with E-state index < -0.39 is 26.7 Å². The van der Waals surface area contributed by atoms with Crippen molar-refractivity contribution < 1.29 is 31.2 Å². The molecular formula is C20H28ClF3N4O4S. The van der Waals surface area contributed by atoms with Crippen molar-refractivity contribution in [2.45, 2.75) is 36.4 Å². The highest BCUT2D eigenvalue weighted by molar-refractivity contribution is 7.89. The summed E-state index contributed by atoms with van der Waals surface area (Å²) in [7, 11) is -3.11. The standard InChI is InChI=1S/C20H27F3N4O4S.ClH/c1-24-32(30,31)18-11-16(20(21,22)23)5-4-15(18)10-19(29)27-9-8-26(14-28)13-17(27)12-25-6-2-3-7-25;/h4-5,11,14,17,24H,2-3,6-10,12-13H2,1H3;1H. The van der Waals surface area contributed by atoms with Crippen LogP contribution in [0.15, 0.2) is 23.1 Å². The lowest BCUT2D eigenvalue weighted by Gasteiger charge is -2.41. The van der Waals surface area contributed by atoms with Crippen LogP contribution in [0.3, 0.4) is 0 Å². The molecule has 0 spiro atoms. The van der Waals surface area contributed by atoms with Gasteiger partial charge >= 0.3 is 6.18 Å². The van der Waals surface area contributed by atoms with Gasteiger partial charge in [0.15, 0.2) is 0 Å². The van der Waals surface area contributed by atoms with Gasteiger partial charge in [0.2, 0.25) is 22.3 Å². The average Bonchev–Trinajstić information content (AvgIpc) is 3.26. The van der Waals surface area contributed by atoms with Crippen LogP contribution in [-0.4, -0.2) is 87.8 Å². The lowest BCUT2D eigenvalue weighted by Crippen LogP contribution is -2.58. The predicted molar refractivity (Wildman–Crippen MR) is 117 cm³/mol. The molecular weight excluding hydrogens is 485 g/mol. The molecule has 2 saturated heterocycles. The molecule has 0 radical (unpaired) electrons. The molecule has 1 N–H and O–H groups in total. The van der Waals surface area contributed by atoms with Gasteiger partial charge in [-0.1, -0.05) is 6.07 Å². The number of benzene rings is 1. The fourth-order valence-electron chi connectivity index (χ4n) is 4.22. The molecule has 3 rings (SSSR count). The smallest absolute Gasteiger partial charge is 0.341 e. The Morgan fingerprint density at radius 1 is 1.18 bits per heavy atom. The third kappa shape index (κ3) is 6.58. The average molecular weight is 513 g/mol. The first kappa shape index (κ1) is 27.4. The molecule has 1 aromatic carbocycles. The molecule has 2 heterocycles. The molecule has 0 saturated carbocycles. The first-order valence-corrected chi connectivity index (χ1v) is 11.9. The maximum Gasteiger partial charge on any atom is 0.416 e. The normalized spacial score (nSPS) is 19.9. The van der Waals surface area contributed by atoms with E-state index in [4.69, 9.17) is 0 Å². The SMILES string of the molecule is CNS(=O)(=O)c1cc(C(F)(F)F)ccc1CC(=O)N1CCN(C=O)CC1CN1CCCC1.Cl. The molecule has 33 heavy (non-hydrogen) atoms. The molecule has 1 atom stereocenters. The van der Waals surface area contributed by atoms with Crippen molar-refractivity contribution in [2.75, 3.05) is 46.3 Å². The Balaban J connectivity index is 0.00000385. The Kier molecular flexibility index (Phi) is 9.14. The number of rotatable bonds is 7. The minimum atomic E-state index is -4.72. The fourth-order valence-corrected chi connectivity index (χ4v) is 5.21. The molecule has 2 aliphatic rings. The van der Waals surface area contributed by atoms with Crippen molar-refractivity contribution >= 4 is 34.7 Å². The van der Waals surface area contributed by atoms with Gasteiger partial charge < -0.3 is 14.7 Å².